The van der Waals surface area contributed by atoms with Gasteiger partial charge >= 0.3 is 0 Å². The number of ether oxygens (including phenoxy) is 1. The number of fused-ring (bicyclic) bond motifs is 1. The Hall–Kier alpha value is -3.14. The van der Waals surface area contributed by atoms with Crippen molar-refractivity contribution >= 4 is 0 Å². The molecule has 24 heavy (non-hydrogen) atoms. The molecule has 4 rings (SSSR count). The number of aromatic nitrogens is 3. The van der Waals surface area contributed by atoms with Crippen LogP contribution in [0.4, 0.5) is 0 Å². The van der Waals surface area contributed by atoms with E-state index in [1.54, 1.807) is 6.33 Å². The third-order valence-corrected chi connectivity index (χ3v) is 3.95. The number of nitrogens with zero attached hydrogens (tertiary/aromatic N) is 3. The maximum Gasteiger partial charge on any atom is 0.119 e. The van der Waals surface area contributed by atoms with E-state index < -0.39 is 0 Å². The molecule has 0 atom stereocenters. The van der Waals surface area contributed by atoms with Crippen molar-refractivity contribution < 1.29 is 4.74 Å². The third-order valence-electron chi connectivity index (χ3n) is 3.95. The molecule has 0 unspecified atom stereocenters. The van der Waals surface area contributed by atoms with Crippen LogP contribution in [0, 0.1) is 0 Å². The number of imidazole rings is 1. The Bertz CT molecular complexity index is 884. The molecule has 2 aliphatic rings. The first-order valence-corrected chi connectivity index (χ1v) is 7.93. The molecule has 0 radical (unpaired) electrons. The number of pyridine rings is 1. The molecule has 0 N–H and O–H groups in total. The van der Waals surface area contributed by atoms with E-state index in [4.69, 9.17) is 4.74 Å². The van der Waals surface area contributed by atoms with Crippen molar-refractivity contribution in [3.05, 3.63) is 79.4 Å². The lowest BCUT2D eigenvalue weighted by Gasteiger charge is -2.10. The average Bonchev–Trinajstić information content (AvgIpc) is 3.11. The Labute approximate surface area is 140 Å². The van der Waals surface area contributed by atoms with Crippen LogP contribution in [0.25, 0.3) is 22.5 Å². The van der Waals surface area contributed by atoms with Crippen molar-refractivity contribution in [2.45, 2.75) is 6.54 Å². The lowest BCUT2D eigenvalue weighted by atomic mass is 10.1. The lowest BCUT2D eigenvalue weighted by Crippen LogP contribution is -2.08. The fourth-order valence-electron chi connectivity index (χ4n) is 2.66. The summed E-state index contributed by atoms with van der Waals surface area (Å²) >= 11 is 0. The molecule has 2 heterocycles. The maximum atomic E-state index is 5.84. The van der Waals surface area contributed by atoms with Gasteiger partial charge in [0.1, 0.15) is 24.4 Å². The summed E-state index contributed by atoms with van der Waals surface area (Å²) < 4.78 is 7.90. The molecule has 0 saturated heterocycles. The summed E-state index contributed by atoms with van der Waals surface area (Å²) in [6.07, 6.45) is 5.57. The minimum atomic E-state index is 0.606. The summed E-state index contributed by atoms with van der Waals surface area (Å²) in [6, 6.07) is 20.5. The second-order valence-corrected chi connectivity index (χ2v) is 5.57. The van der Waals surface area contributed by atoms with Gasteiger partial charge in [0.2, 0.25) is 0 Å². The van der Waals surface area contributed by atoms with Crippen LogP contribution in [0.15, 0.2) is 79.4 Å². The Kier molecular flexibility index (Phi) is 3.94. The molecule has 2 aromatic rings. The van der Waals surface area contributed by atoms with Crippen LogP contribution < -0.4 is 4.74 Å². The molecule has 0 saturated carbocycles. The van der Waals surface area contributed by atoms with E-state index >= 15 is 0 Å². The Morgan fingerprint density at radius 2 is 1.54 bits per heavy atom. The quantitative estimate of drug-likeness (QED) is 0.556. The van der Waals surface area contributed by atoms with Gasteiger partial charge in [-0.25, -0.2) is 9.97 Å². The molecule has 0 aliphatic carbocycles. The highest BCUT2D eigenvalue weighted by molar-refractivity contribution is 5.63. The first kappa shape index (κ1) is 14.5. The van der Waals surface area contributed by atoms with Gasteiger partial charge in [0, 0.05) is 12.4 Å². The lowest BCUT2D eigenvalue weighted by molar-refractivity contribution is 0.298. The zero-order chi connectivity index (χ0) is 16.2. The first-order chi connectivity index (χ1) is 11.9. The van der Waals surface area contributed by atoms with E-state index in [0.717, 1.165) is 23.7 Å². The van der Waals surface area contributed by atoms with E-state index in [0.29, 0.717) is 6.61 Å². The van der Waals surface area contributed by atoms with E-state index in [1.165, 1.54) is 11.1 Å². The van der Waals surface area contributed by atoms with Crippen molar-refractivity contribution in [1.82, 2.24) is 14.5 Å². The van der Waals surface area contributed by atoms with E-state index in [2.05, 4.69) is 38.8 Å². The largest absolute Gasteiger partial charge is 0.492 e. The summed E-state index contributed by atoms with van der Waals surface area (Å²) in [6.45, 7) is 1.37. The highest BCUT2D eigenvalue weighted by Crippen LogP contribution is 2.22. The highest BCUT2D eigenvalue weighted by atomic mass is 16.5. The molecule has 2 aliphatic heterocycles. The Balaban J connectivity index is 1.37. The molecule has 4 heteroatoms. The van der Waals surface area contributed by atoms with E-state index in [9.17, 15) is 0 Å². The minimum Gasteiger partial charge on any atom is -0.492 e. The van der Waals surface area contributed by atoms with Crippen LogP contribution in [0.3, 0.4) is 0 Å². The number of hydrogen-bond acceptors (Lipinski definition) is 3. The highest BCUT2D eigenvalue weighted by Gasteiger charge is 2.05. The van der Waals surface area contributed by atoms with Crippen LogP contribution in [0.5, 0.6) is 5.75 Å². The SMILES string of the molecule is c1ccc(-c2ccc(OCCn3ccc4ncnc-4c3)cc2)cc1. The summed E-state index contributed by atoms with van der Waals surface area (Å²) in [5, 5.41) is 0. The molecule has 0 spiro atoms. The first-order valence-electron chi connectivity index (χ1n) is 7.93. The van der Waals surface area contributed by atoms with E-state index in [-0.39, 0.29) is 0 Å². The van der Waals surface area contributed by atoms with Crippen molar-refractivity contribution in [1.29, 1.82) is 0 Å². The van der Waals surface area contributed by atoms with Gasteiger partial charge < -0.3 is 9.30 Å². The standard InChI is InChI=1S/C20H17N3O/c1-2-4-16(5-3-1)17-6-8-18(9-7-17)24-13-12-23-11-10-19-20(14-23)22-15-21-19/h1-11,14-15H,12-13H2. The van der Waals surface area contributed by atoms with Gasteiger partial charge in [0.15, 0.2) is 0 Å². The van der Waals surface area contributed by atoms with Gasteiger partial charge in [-0.15, -0.1) is 0 Å². The van der Waals surface area contributed by atoms with Crippen LogP contribution >= 0.6 is 0 Å². The van der Waals surface area contributed by atoms with E-state index in [1.807, 2.05) is 48.8 Å². The van der Waals surface area contributed by atoms with Crippen LogP contribution in [0.1, 0.15) is 0 Å². The molecule has 0 aromatic heterocycles. The summed E-state index contributed by atoms with van der Waals surface area (Å²) in [5.41, 5.74) is 4.23. The van der Waals surface area contributed by atoms with Gasteiger partial charge in [-0.05, 0) is 29.3 Å². The van der Waals surface area contributed by atoms with Gasteiger partial charge in [-0.3, -0.25) is 0 Å². The second-order valence-electron chi connectivity index (χ2n) is 5.57. The van der Waals surface area contributed by atoms with Crippen molar-refractivity contribution in [3.8, 4) is 28.3 Å². The Morgan fingerprint density at radius 3 is 2.38 bits per heavy atom. The van der Waals surface area contributed by atoms with Crippen molar-refractivity contribution in [3.63, 3.8) is 0 Å². The monoisotopic (exact) mass is 315 g/mol. The van der Waals surface area contributed by atoms with Crippen LogP contribution in [0.2, 0.25) is 0 Å². The zero-order valence-corrected chi connectivity index (χ0v) is 13.2. The fourth-order valence-corrected chi connectivity index (χ4v) is 2.66. The zero-order valence-electron chi connectivity index (χ0n) is 13.2. The van der Waals surface area contributed by atoms with Gasteiger partial charge in [-0.2, -0.15) is 0 Å². The smallest absolute Gasteiger partial charge is 0.119 e. The van der Waals surface area contributed by atoms with Gasteiger partial charge in [0.25, 0.3) is 0 Å². The third kappa shape index (κ3) is 3.13. The second kappa shape index (κ2) is 6.54. The predicted molar refractivity (Wildman–Crippen MR) is 94.0 cm³/mol. The Morgan fingerprint density at radius 1 is 0.792 bits per heavy atom. The predicted octanol–water partition coefficient (Wildman–Crippen LogP) is 4.13. The molecule has 0 fully saturated rings. The molecule has 2 aromatic carbocycles. The molecule has 4 nitrogen and oxygen atoms in total. The number of rotatable bonds is 5. The topological polar surface area (TPSA) is 39.9 Å². The van der Waals surface area contributed by atoms with Crippen LogP contribution in [-0.4, -0.2) is 21.1 Å². The molecule has 0 amide bonds. The normalized spacial score (nSPS) is 10.8. The van der Waals surface area contributed by atoms with Crippen molar-refractivity contribution in [2.24, 2.45) is 0 Å². The number of hydrogen-bond donors (Lipinski definition) is 0. The summed E-state index contributed by atoms with van der Waals surface area (Å²) in [7, 11) is 0. The van der Waals surface area contributed by atoms with Gasteiger partial charge in [-0.1, -0.05) is 42.5 Å². The molecule has 0 bridgehead atoms. The number of benzene rings is 2. The molecular weight excluding hydrogens is 298 g/mol. The van der Waals surface area contributed by atoms with Gasteiger partial charge in [0.05, 0.1) is 12.2 Å². The molecule has 118 valence electrons. The van der Waals surface area contributed by atoms with Crippen molar-refractivity contribution in [2.75, 3.05) is 6.61 Å². The summed E-state index contributed by atoms with van der Waals surface area (Å²) in [5.74, 6) is 0.879. The minimum absolute atomic E-state index is 0.606. The fraction of sp³-hybridized carbons (Fsp3) is 0.100. The molecular formula is C20H17N3O. The average molecular weight is 315 g/mol. The summed E-state index contributed by atoms with van der Waals surface area (Å²) in [4.78, 5) is 8.38. The maximum absolute atomic E-state index is 5.84. The van der Waals surface area contributed by atoms with Crippen LogP contribution in [-0.2, 0) is 6.54 Å².